The highest BCUT2D eigenvalue weighted by Crippen LogP contribution is 2.20. The second-order valence-electron chi connectivity index (χ2n) is 4.20. The molecule has 0 aliphatic heterocycles. The highest BCUT2D eigenvalue weighted by molar-refractivity contribution is 5.08. The van der Waals surface area contributed by atoms with Crippen LogP contribution in [0.5, 0.6) is 0 Å². The molecule has 2 atom stereocenters. The smallest absolute Gasteiger partial charge is 0.0801 e. The summed E-state index contributed by atoms with van der Waals surface area (Å²) in [5, 5.41) is 4.12. The zero-order valence-corrected chi connectivity index (χ0v) is 10.0. The van der Waals surface area contributed by atoms with E-state index in [0.29, 0.717) is 0 Å². The van der Waals surface area contributed by atoms with Crippen molar-refractivity contribution in [3.63, 3.8) is 0 Å². The minimum Gasteiger partial charge on any atom is -0.377 e. The topological polar surface area (TPSA) is 53.1 Å². The zero-order chi connectivity index (χ0) is 11.5. The number of aryl methyl sites for hydroxylation is 1. The second-order valence-corrected chi connectivity index (χ2v) is 4.20. The third kappa shape index (κ3) is 2.79. The number of methoxy groups -OCH3 is 1. The van der Waals surface area contributed by atoms with Crippen LogP contribution < -0.4 is 5.73 Å². The van der Waals surface area contributed by atoms with Gasteiger partial charge in [-0.3, -0.25) is 4.68 Å². The average molecular weight is 211 g/mol. The fourth-order valence-corrected chi connectivity index (χ4v) is 1.61. The van der Waals surface area contributed by atoms with E-state index in [0.717, 1.165) is 18.4 Å². The molecule has 2 N–H and O–H groups in total. The summed E-state index contributed by atoms with van der Waals surface area (Å²) >= 11 is 0. The summed E-state index contributed by atoms with van der Waals surface area (Å²) in [6, 6.07) is -0.00306. The van der Waals surface area contributed by atoms with Crippen LogP contribution in [0.3, 0.4) is 0 Å². The van der Waals surface area contributed by atoms with Gasteiger partial charge in [0.25, 0.3) is 0 Å². The summed E-state index contributed by atoms with van der Waals surface area (Å²) in [6.07, 6.45) is 5.55. The zero-order valence-electron chi connectivity index (χ0n) is 10.0. The third-order valence-electron chi connectivity index (χ3n) is 3.17. The van der Waals surface area contributed by atoms with Gasteiger partial charge in [0, 0.05) is 26.4 Å². The number of nitrogens with two attached hydrogens (primary N) is 1. The predicted molar refractivity (Wildman–Crippen MR) is 60.6 cm³/mol. The molecule has 1 rings (SSSR count). The summed E-state index contributed by atoms with van der Waals surface area (Å²) in [7, 11) is 3.62. The lowest BCUT2D eigenvalue weighted by Gasteiger charge is -2.33. The van der Waals surface area contributed by atoms with E-state index >= 15 is 0 Å². The van der Waals surface area contributed by atoms with E-state index in [1.54, 1.807) is 11.8 Å². The lowest BCUT2D eigenvalue weighted by atomic mass is 9.90. The Kier molecular flexibility index (Phi) is 3.88. The molecule has 1 aromatic heterocycles. The molecule has 15 heavy (non-hydrogen) atoms. The summed E-state index contributed by atoms with van der Waals surface area (Å²) in [6.45, 7) is 4.14. The van der Waals surface area contributed by atoms with Gasteiger partial charge in [-0.05, 0) is 25.3 Å². The van der Waals surface area contributed by atoms with Gasteiger partial charge >= 0.3 is 0 Å². The summed E-state index contributed by atoms with van der Waals surface area (Å²) < 4.78 is 7.27. The molecule has 0 amide bonds. The van der Waals surface area contributed by atoms with Gasteiger partial charge in [0.05, 0.1) is 11.8 Å². The van der Waals surface area contributed by atoms with Crippen LogP contribution in [0.15, 0.2) is 12.4 Å². The molecule has 0 aliphatic carbocycles. The fourth-order valence-electron chi connectivity index (χ4n) is 1.61. The van der Waals surface area contributed by atoms with E-state index in [1.165, 1.54) is 0 Å². The molecule has 4 heteroatoms. The molecule has 2 unspecified atom stereocenters. The largest absolute Gasteiger partial charge is 0.377 e. The lowest BCUT2D eigenvalue weighted by Crippen LogP contribution is -2.48. The van der Waals surface area contributed by atoms with Crippen molar-refractivity contribution in [1.29, 1.82) is 0 Å². The monoisotopic (exact) mass is 211 g/mol. The fraction of sp³-hybridized carbons (Fsp3) is 0.727. The number of aromatic nitrogens is 2. The SMILES string of the molecule is CCC(C)(OC)C(N)Cc1cnn(C)c1. The number of rotatable bonds is 5. The first-order valence-corrected chi connectivity index (χ1v) is 5.30. The van der Waals surface area contributed by atoms with Gasteiger partial charge in [0.2, 0.25) is 0 Å². The first-order valence-electron chi connectivity index (χ1n) is 5.30. The maximum Gasteiger partial charge on any atom is 0.0801 e. The molecule has 0 radical (unpaired) electrons. The van der Waals surface area contributed by atoms with Gasteiger partial charge in [-0.2, -0.15) is 5.10 Å². The second kappa shape index (κ2) is 4.77. The van der Waals surface area contributed by atoms with E-state index < -0.39 is 0 Å². The standard InChI is InChI=1S/C11H21N3O/c1-5-11(2,15-4)10(12)6-9-7-13-14(3)8-9/h7-8,10H,5-6,12H2,1-4H3. The van der Waals surface area contributed by atoms with Crippen molar-refractivity contribution in [2.75, 3.05) is 7.11 Å². The highest BCUT2D eigenvalue weighted by Gasteiger charge is 2.29. The lowest BCUT2D eigenvalue weighted by molar-refractivity contribution is -0.0184. The predicted octanol–water partition coefficient (Wildman–Crippen LogP) is 1.10. The van der Waals surface area contributed by atoms with Crippen molar-refractivity contribution >= 4 is 0 Å². The molecule has 1 aromatic rings. The Balaban J connectivity index is 2.65. The molecule has 0 spiro atoms. The van der Waals surface area contributed by atoms with Gasteiger partial charge < -0.3 is 10.5 Å². The van der Waals surface area contributed by atoms with Crippen LogP contribution in [0.1, 0.15) is 25.8 Å². The van der Waals surface area contributed by atoms with Crippen molar-refractivity contribution in [2.45, 2.75) is 38.3 Å². The first kappa shape index (κ1) is 12.2. The van der Waals surface area contributed by atoms with Gasteiger partial charge in [0.1, 0.15) is 0 Å². The van der Waals surface area contributed by atoms with Crippen molar-refractivity contribution in [1.82, 2.24) is 9.78 Å². The maximum absolute atomic E-state index is 6.15. The molecule has 0 bridgehead atoms. The van der Waals surface area contributed by atoms with Gasteiger partial charge in [0.15, 0.2) is 0 Å². The van der Waals surface area contributed by atoms with Crippen LogP contribution >= 0.6 is 0 Å². The molecular weight excluding hydrogens is 190 g/mol. The molecule has 0 fully saturated rings. The van der Waals surface area contributed by atoms with Crippen LogP contribution in [-0.4, -0.2) is 28.5 Å². The minimum absolute atomic E-state index is 0.00306. The Bertz CT molecular complexity index is 305. The van der Waals surface area contributed by atoms with Crippen LogP contribution in [-0.2, 0) is 18.2 Å². The van der Waals surface area contributed by atoms with Crippen molar-refractivity contribution < 1.29 is 4.74 Å². The Labute approximate surface area is 91.4 Å². The van der Waals surface area contributed by atoms with Crippen LogP contribution in [0.4, 0.5) is 0 Å². The van der Waals surface area contributed by atoms with Crippen molar-refractivity contribution in [3.8, 4) is 0 Å². The minimum atomic E-state index is -0.254. The Hall–Kier alpha value is -0.870. The molecule has 0 saturated heterocycles. The number of ether oxygens (including phenoxy) is 1. The van der Waals surface area contributed by atoms with E-state index in [2.05, 4.69) is 12.0 Å². The van der Waals surface area contributed by atoms with E-state index in [4.69, 9.17) is 10.5 Å². The normalized spacial score (nSPS) is 17.4. The summed E-state index contributed by atoms with van der Waals surface area (Å²) in [5.41, 5.74) is 7.05. The number of hydrogen-bond acceptors (Lipinski definition) is 3. The quantitative estimate of drug-likeness (QED) is 0.793. The average Bonchev–Trinajstić information content (AvgIpc) is 2.62. The Morgan fingerprint density at radius 2 is 2.33 bits per heavy atom. The van der Waals surface area contributed by atoms with Crippen LogP contribution in [0.2, 0.25) is 0 Å². The van der Waals surface area contributed by atoms with E-state index in [9.17, 15) is 0 Å². The molecule has 86 valence electrons. The van der Waals surface area contributed by atoms with Gasteiger partial charge in [-0.15, -0.1) is 0 Å². The highest BCUT2D eigenvalue weighted by atomic mass is 16.5. The van der Waals surface area contributed by atoms with Crippen LogP contribution in [0, 0.1) is 0 Å². The van der Waals surface area contributed by atoms with Crippen molar-refractivity contribution in [3.05, 3.63) is 18.0 Å². The van der Waals surface area contributed by atoms with Gasteiger partial charge in [-0.1, -0.05) is 6.92 Å². The molecular formula is C11H21N3O. The summed E-state index contributed by atoms with van der Waals surface area (Å²) in [4.78, 5) is 0. The van der Waals surface area contributed by atoms with E-state index in [1.807, 2.05) is 26.4 Å². The van der Waals surface area contributed by atoms with E-state index in [-0.39, 0.29) is 11.6 Å². The van der Waals surface area contributed by atoms with Crippen molar-refractivity contribution in [2.24, 2.45) is 12.8 Å². The number of nitrogens with zero attached hydrogens (tertiary/aromatic N) is 2. The van der Waals surface area contributed by atoms with Crippen LogP contribution in [0.25, 0.3) is 0 Å². The molecule has 0 saturated carbocycles. The summed E-state index contributed by atoms with van der Waals surface area (Å²) in [5.74, 6) is 0. The maximum atomic E-state index is 6.15. The Morgan fingerprint density at radius 1 is 1.67 bits per heavy atom. The van der Waals surface area contributed by atoms with Gasteiger partial charge in [-0.25, -0.2) is 0 Å². The molecule has 1 heterocycles. The Morgan fingerprint density at radius 3 is 2.73 bits per heavy atom. The first-order chi connectivity index (χ1) is 7.01. The third-order valence-corrected chi connectivity index (χ3v) is 3.17. The number of hydrogen-bond donors (Lipinski definition) is 1. The molecule has 0 aromatic carbocycles. The molecule has 0 aliphatic rings. The molecule has 4 nitrogen and oxygen atoms in total.